The van der Waals surface area contributed by atoms with Crippen LogP contribution in [0.4, 0.5) is 0 Å². The Morgan fingerprint density at radius 2 is 2.33 bits per heavy atom. The first-order chi connectivity index (χ1) is 5.13. The highest BCUT2D eigenvalue weighted by atomic mass is 35.5. The molecule has 1 aliphatic carbocycles. The number of hydrogen-bond donors (Lipinski definition) is 2. The van der Waals surface area contributed by atoms with Crippen molar-refractivity contribution in [1.82, 2.24) is 0 Å². The second kappa shape index (κ2) is 4.10. The third-order valence-electron chi connectivity index (χ3n) is 2.90. The number of carboxylic acid groups (broad SMARTS) is 1. The molecule has 0 amide bonds. The Kier molecular flexibility index (Phi) is 4.00. The fraction of sp³-hybridized carbons (Fsp3) is 0.875. The van der Waals surface area contributed by atoms with Crippen molar-refractivity contribution in [2.75, 3.05) is 0 Å². The lowest BCUT2D eigenvalue weighted by atomic mass is 9.80. The Labute approximate surface area is 78.7 Å². The number of aliphatic carboxylic acids is 1. The van der Waals surface area contributed by atoms with E-state index < -0.39 is 11.4 Å². The van der Waals surface area contributed by atoms with Gasteiger partial charge in [0, 0.05) is 6.04 Å². The van der Waals surface area contributed by atoms with Crippen molar-refractivity contribution >= 4 is 18.4 Å². The van der Waals surface area contributed by atoms with Crippen LogP contribution in [0.1, 0.15) is 32.6 Å². The van der Waals surface area contributed by atoms with E-state index in [-0.39, 0.29) is 18.4 Å². The molecule has 1 fully saturated rings. The smallest absolute Gasteiger partial charge is 0.311 e. The van der Waals surface area contributed by atoms with Crippen LogP contribution in [0.3, 0.4) is 0 Å². The largest absolute Gasteiger partial charge is 0.481 e. The summed E-state index contributed by atoms with van der Waals surface area (Å²) in [7, 11) is 0. The minimum atomic E-state index is -0.718. The Balaban J connectivity index is 0.00000121. The molecule has 0 aliphatic heterocycles. The molecule has 72 valence electrons. The van der Waals surface area contributed by atoms with E-state index >= 15 is 0 Å². The predicted octanol–water partition coefficient (Wildman–Crippen LogP) is 1.40. The minimum Gasteiger partial charge on any atom is -0.481 e. The molecule has 0 bridgehead atoms. The first kappa shape index (κ1) is 11.7. The van der Waals surface area contributed by atoms with Gasteiger partial charge in [0.25, 0.3) is 0 Å². The monoisotopic (exact) mass is 193 g/mol. The molecule has 0 spiro atoms. The topological polar surface area (TPSA) is 63.3 Å². The maximum absolute atomic E-state index is 10.9. The van der Waals surface area contributed by atoms with E-state index in [1.807, 2.05) is 6.92 Å². The predicted molar refractivity (Wildman–Crippen MR) is 49.4 cm³/mol. The average Bonchev–Trinajstić information content (AvgIpc) is 2.32. The highest BCUT2D eigenvalue weighted by Gasteiger charge is 2.45. The SMILES string of the molecule is CCC1(C(=O)O)CCCC1N.Cl. The molecule has 0 aromatic rings. The lowest BCUT2D eigenvalue weighted by Crippen LogP contribution is -2.42. The van der Waals surface area contributed by atoms with E-state index in [1.165, 1.54) is 0 Å². The van der Waals surface area contributed by atoms with Gasteiger partial charge in [-0.15, -0.1) is 12.4 Å². The molecule has 0 saturated heterocycles. The van der Waals surface area contributed by atoms with Gasteiger partial charge in [-0.1, -0.05) is 13.3 Å². The van der Waals surface area contributed by atoms with Gasteiger partial charge < -0.3 is 10.8 Å². The maximum Gasteiger partial charge on any atom is 0.311 e. The fourth-order valence-corrected chi connectivity index (χ4v) is 1.95. The van der Waals surface area contributed by atoms with Crippen molar-refractivity contribution in [2.24, 2.45) is 11.1 Å². The van der Waals surface area contributed by atoms with Crippen LogP contribution in [-0.2, 0) is 4.79 Å². The Morgan fingerprint density at radius 3 is 2.50 bits per heavy atom. The zero-order chi connectivity index (χ0) is 8.48. The maximum atomic E-state index is 10.9. The quantitative estimate of drug-likeness (QED) is 0.697. The summed E-state index contributed by atoms with van der Waals surface area (Å²) in [5, 5.41) is 8.95. The molecule has 1 rings (SSSR count). The molecule has 0 heterocycles. The molecular formula is C8H16ClNO2. The van der Waals surface area contributed by atoms with Crippen molar-refractivity contribution < 1.29 is 9.90 Å². The Morgan fingerprint density at radius 1 is 1.75 bits per heavy atom. The highest BCUT2D eigenvalue weighted by molar-refractivity contribution is 5.85. The third kappa shape index (κ3) is 1.57. The molecule has 3 nitrogen and oxygen atoms in total. The number of halogens is 1. The number of rotatable bonds is 2. The normalized spacial score (nSPS) is 34.3. The van der Waals surface area contributed by atoms with Crippen LogP contribution in [0.25, 0.3) is 0 Å². The fourth-order valence-electron chi connectivity index (χ4n) is 1.95. The molecular weight excluding hydrogens is 178 g/mol. The van der Waals surface area contributed by atoms with Crippen LogP contribution in [-0.4, -0.2) is 17.1 Å². The van der Waals surface area contributed by atoms with Gasteiger partial charge in [0.15, 0.2) is 0 Å². The Hall–Kier alpha value is -0.280. The molecule has 3 N–H and O–H groups in total. The van der Waals surface area contributed by atoms with Gasteiger partial charge in [-0.25, -0.2) is 0 Å². The van der Waals surface area contributed by atoms with E-state index in [0.717, 1.165) is 19.3 Å². The minimum absolute atomic E-state index is 0. The van der Waals surface area contributed by atoms with Gasteiger partial charge in [-0.3, -0.25) is 4.79 Å². The van der Waals surface area contributed by atoms with Crippen LogP contribution in [0.5, 0.6) is 0 Å². The zero-order valence-corrected chi connectivity index (χ0v) is 8.06. The van der Waals surface area contributed by atoms with Gasteiger partial charge in [-0.05, 0) is 19.3 Å². The van der Waals surface area contributed by atoms with Crippen molar-refractivity contribution in [1.29, 1.82) is 0 Å². The van der Waals surface area contributed by atoms with E-state index in [1.54, 1.807) is 0 Å². The summed E-state index contributed by atoms with van der Waals surface area (Å²) in [6.45, 7) is 1.90. The van der Waals surface area contributed by atoms with Crippen molar-refractivity contribution in [3.05, 3.63) is 0 Å². The molecule has 12 heavy (non-hydrogen) atoms. The summed E-state index contributed by atoms with van der Waals surface area (Å²) >= 11 is 0. The number of carboxylic acids is 1. The summed E-state index contributed by atoms with van der Waals surface area (Å²) in [6.07, 6.45) is 3.23. The van der Waals surface area contributed by atoms with E-state index in [9.17, 15) is 4.79 Å². The van der Waals surface area contributed by atoms with Crippen LogP contribution in [0, 0.1) is 5.41 Å². The van der Waals surface area contributed by atoms with E-state index in [2.05, 4.69) is 0 Å². The van der Waals surface area contributed by atoms with Gasteiger partial charge in [0.2, 0.25) is 0 Å². The molecule has 2 unspecified atom stereocenters. The van der Waals surface area contributed by atoms with E-state index in [0.29, 0.717) is 6.42 Å². The summed E-state index contributed by atoms with van der Waals surface area (Å²) < 4.78 is 0. The standard InChI is InChI=1S/C8H15NO2.ClH/c1-2-8(7(10)11)5-3-4-6(8)9;/h6H,2-5,9H2,1H3,(H,10,11);1H. The van der Waals surface area contributed by atoms with Gasteiger partial charge in [0.1, 0.15) is 0 Å². The van der Waals surface area contributed by atoms with E-state index in [4.69, 9.17) is 10.8 Å². The molecule has 4 heteroatoms. The summed E-state index contributed by atoms with van der Waals surface area (Å²) in [6, 6.07) is -0.134. The summed E-state index contributed by atoms with van der Waals surface area (Å²) in [4.78, 5) is 10.9. The lowest BCUT2D eigenvalue weighted by molar-refractivity contribution is -0.149. The second-order valence-electron chi connectivity index (χ2n) is 3.31. The number of nitrogens with two attached hydrogens (primary N) is 1. The molecule has 0 radical (unpaired) electrons. The van der Waals surface area contributed by atoms with Crippen molar-refractivity contribution in [2.45, 2.75) is 38.6 Å². The number of hydrogen-bond acceptors (Lipinski definition) is 2. The first-order valence-corrected chi connectivity index (χ1v) is 4.12. The van der Waals surface area contributed by atoms with Crippen molar-refractivity contribution in [3.8, 4) is 0 Å². The second-order valence-corrected chi connectivity index (χ2v) is 3.31. The first-order valence-electron chi connectivity index (χ1n) is 4.12. The number of carbonyl (C=O) groups is 1. The zero-order valence-electron chi connectivity index (χ0n) is 7.25. The van der Waals surface area contributed by atoms with Crippen LogP contribution in [0.15, 0.2) is 0 Å². The molecule has 0 aromatic heterocycles. The molecule has 1 aliphatic rings. The van der Waals surface area contributed by atoms with Gasteiger partial charge in [-0.2, -0.15) is 0 Å². The summed E-state index contributed by atoms with van der Waals surface area (Å²) in [5.41, 5.74) is 5.13. The lowest BCUT2D eigenvalue weighted by Gasteiger charge is -2.26. The van der Waals surface area contributed by atoms with Gasteiger partial charge in [0.05, 0.1) is 5.41 Å². The molecule has 2 atom stereocenters. The Bertz CT molecular complexity index is 174. The van der Waals surface area contributed by atoms with Crippen LogP contribution >= 0.6 is 12.4 Å². The van der Waals surface area contributed by atoms with Crippen LogP contribution < -0.4 is 5.73 Å². The molecule has 1 saturated carbocycles. The van der Waals surface area contributed by atoms with Crippen LogP contribution in [0.2, 0.25) is 0 Å². The molecule has 0 aromatic carbocycles. The third-order valence-corrected chi connectivity index (χ3v) is 2.90. The average molecular weight is 194 g/mol. The van der Waals surface area contributed by atoms with Crippen molar-refractivity contribution in [3.63, 3.8) is 0 Å². The van der Waals surface area contributed by atoms with Gasteiger partial charge >= 0.3 is 5.97 Å². The summed E-state index contributed by atoms with van der Waals surface area (Å²) in [5.74, 6) is -0.718. The highest BCUT2D eigenvalue weighted by Crippen LogP contribution is 2.40.